The van der Waals surface area contributed by atoms with Crippen molar-refractivity contribution in [2.24, 2.45) is 0 Å². The van der Waals surface area contributed by atoms with E-state index >= 15 is 0 Å². The predicted molar refractivity (Wildman–Crippen MR) is 68.3 cm³/mol. The molecule has 2 aromatic rings. The van der Waals surface area contributed by atoms with Crippen molar-refractivity contribution in [1.82, 2.24) is 15.0 Å². The molecule has 0 radical (unpaired) electrons. The standard InChI is InChI=1S/C10H13N5OS/c1-6(10-12-2-3-17-10)4-13-8-7(11)9(16)15-5-14-8/h2-3,5-6H,4,11H2,1H3,(H2,13,14,15,16). The van der Waals surface area contributed by atoms with Crippen molar-refractivity contribution < 1.29 is 0 Å². The third-order valence-corrected chi connectivity index (χ3v) is 3.34. The van der Waals surface area contributed by atoms with Crippen molar-refractivity contribution >= 4 is 22.8 Å². The molecule has 0 aliphatic heterocycles. The molecule has 0 saturated heterocycles. The summed E-state index contributed by atoms with van der Waals surface area (Å²) in [6, 6.07) is 0. The molecular formula is C10H13N5OS. The third-order valence-electron chi connectivity index (χ3n) is 2.34. The van der Waals surface area contributed by atoms with Gasteiger partial charge in [0.05, 0.1) is 11.3 Å². The van der Waals surface area contributed by atoms with Gasteiger partial charge < -0.3 is 16.0 Å². The Labute approximate surface area is 102 Å². The van der Waals surface area contributed by atoms with Gasteiger partial charge in [0, 0.05) is 24.0 Å². The fraction of sp³-hybridized carbons (Fsp3) is 0.300. The summed E-state index contributed by atoms with van der Waals surface area (Å²) >= 11 is 1.60. The van der Waals surface area contributed by atoms with Crippen LogP contribution < -0.4 is 16.6 Å². The molecule has 0 spiro atoms. The van der Waals surface area contributed by atoms with Gasteiger partial charge in [-0.05, 0) is 0 Å². The van der Waals surface area contributed by atoms with Crippen molar-refractivity contribution in [2.75, 3.05) is 17.6 Å². The second kappa shape index (κ2) is 4.96. The predicted octanol–water partition coefficient (Wildman–Crippen LogP) is 1.02. The average Bonchev–Trinajstić information content (AvgIpc) is 2.84. The first kappa shape index (κ1) is 11.6. The van der Waals surface area contributed by atoms with E-state index in [-0.39, 0.29) is 17.2 Å². The Balaban J connectivity index is 2.03. The Kier molecular flexibility index (Phi) is 3.38. The Morgan fingerprint density at radius 1 is 1.59 bits per heavy atom. The summed E-state index contributed by atoms with van der Waals surface area (Å²) in [5, 5.41) is 6.03. The van der Waals surface area contributed by atoms with Gasteiger partial charge in [-0.25, -0.2) is 9.97 Å². The lowest BCUT2D eigenvalue weighted by atomic mass is 10.2. The Hall–Kier alpha value is -1.89. The summed E-state index contributed by atoms with van der Waals surface area (Å²) in [6.45, 7) is 2.68. The highest BCUT2D eigenvalue weighted by Gasteiger charge is 2.10. The van der Waals surface area contributed by atoms with Gasteiger partial charge >= 0.3 is 0 Å². The maximum Gasteiger partial charge on any atom is 0.276 e. The number of thiazole rings is 1. The molecule has 2 aromatic heterocycles. The number of aromatic amines is 1. The highest BCUT2D eigenvalue weighted by molar-refractivity contribution is 7.09. The molecule has 0 bridgehead atoms. The molecule has 6 nitrogen and oxygen atoms in total. The zero-order chi connectivity index (χ0) is 12.3. The first-order chi connectivity index (χ1) is 8.18. The van der Waals surface area contributed by atoms with Gasteiger partial charge in [-0.15, -0.1) is 11.3 Å². The van der Waals surface area contributed by atoms with Crippen molar-refractivity contribution in [1.29, 1.82) is 0 Å². The molecule has 7 heteroatoms. The zero-order valence-electron chi connectivity index (χ0n) is 9.30. The average molecular weight is 251 g/mol. The summed E-state index contributed by atoms with van der Waals surface area (Å²) in [6.07, 6.45) is 3.10. The van der Waals surface area contributed by atoms with Crippen LogP contribution in [0.15, 0.2) is 22.7 Å². The van der Waals surface area contributed by atoms with Gasteiger partial charge in [0.15, 0.2) is 5.82 Å². The quantitative estimate of drug-likeness (QED) is 0.754. The highest BCUT2D eigenvalue weighted by Crippen LogP contribution is 2.18. The van der Waals surface area contributed by atoms with Crippen molar-refractivity contribution in [3.8, 4) is 0 Å². The molecule has 0 aliphatic rings. The third kappa shape index (κ3) is 2.62. The van der Waals surface area contributed by atoms with Gasteiger partial charge in [-0.3, -0.25) is 4.79 Å². The van der Waals surface area contributed by atoms with Gasteiger partial charge in [-0.1, -0.05) is 6.92 Å². The van der Waals surface area contributed by atoms with E-state index < -0.39 is 0 Å². The molecule has 0 aromatic carbocycles. The van der Waals surface area contributed by atoms with Crippen LogP contribution in [0.5, 0.6) is 0 Å². The van der Waals surface area contributed by atoms with Crippen LogP contribution in [0, 0.1) is 0 Å². The number of hydrogen-bond acceptors (Lipinski definition) is 6. The largest absolute Gasteiger partial charge is 0.391 e. The van der Waals surface area contributed by atoms with Crippen molar-refractivity contribution in [2.45, 2.75) is 12.8 Å². The van der Waals surface area contributed by atoms with E-state index in [2.05, 4.69) is 27.2 Å². The molecule has 4 N–H and O–H groups in total. The number of H-pyrrole nitrogens is 1. The van der Waals surface area contributed by atoms with E-state index in [1.54, 1.807) is 17.5 Å². The molecule has 1 atom stereocenters. The number of nitrogens with one attached hydrogen (secondary N) is 2. The van der Waals surface area contributed by atoms with Crippen molar-refractivity contribution in [3.63, 3.8) is 0 Å². The Morgan fingerprint density at radius 3 is 3.12 bits per heavy atom. The van der Waals surface area contributed by atoms with Gasteiger partial charge in [0.2, 0.25) is 0 Å². The molecule has 17 heavy (non-hydrogen) atoms. The summed E-state index contributed by atoms with van der Waals surface area (Å²) in [5.41, 5.74) is 5.39. The number of anilines is 2. The minimum Gasteiger partial charge on any atom is -0.391 e. The molecular weight excluding hydrogens is 238 g/mol. The molecule has 2 rings (SSSR count). The SMILES string of the molecule is CC(CNc1nc[nH]c(=O)c1N)c1nccs1. The number of aromatic nitrogens is 3. The number of rotatable bonds is 4. The lowest BCUT2D eigenvalue weighted by molar-refractivity contribution is 0.791. The van der Waals surface area contributed by atoms with Crippen LogP contribution in [-0.2, 0) is 0 Å². The van der Waals surface area contributed by atoms with E-state index in [0.29, 0.717) is 12.4 Å². The second-order valence-electron chi connectivity index (χ2n) is 3.65. The Bertz CT molecular complexity index is 536. The molecule has 0 aliphatic carbocycles. The van der Waals surface area contributed by atoms with E-state index in [0.717, 1.165) is 5.01 Å². The number of nitrogen functional groups attached to an aromatic ring is 1. The van der Waals surface area contributed by atoms with Crippen LogP contribution in [0.4, 0.5) is 11.5 Å². The zero-order valence-corrected chi connectivity index (χ0v) is 10.1. The maximum atomic E-state index is 11.2. The first-order valence-corrected chi connectivity index (χ1v) is 6.03. The van der Waals surface area contributed by atoms with E-state index in [4.69, 9.17) is 5.73 Å². The van der Waals surface area contributed by atoms with E-state index in [1.807, 2.05) is 5.38 Å². The summed E-state index contributed by atoms with van der Waals surface area (Å²) in [7, 11) is 0. The van der Waals surface area contributed by atoms with Crippen LogP contribution in [0.1, 0.15) is 17.8 Å². The minimum absolute atomic E-state index is 0.110. The van der Waals surface area contributed by atoms with Gasteiger partial charge in [-0.2, -0.15) is 0 Å². The summed E-state index contributed by atoms with van der Waals surface area (Å²) in [4.78, 5) is 21.9. The Morgan fingerprint density at radius 2 is 2.41 bits per heavy atom. The second-order valence-corrected chi connectivity index (χ2v) is 4.57. The number of hydrogen-bond donors (Lipinski definition) is 3. The monoisotopic (exact) mass is 251 g/mol. The first-order valence-electron chi connectivity index (χ1n) is 5.15. The lowest BCUT2D eigenvalue weighted by Gasteiger charge is -2.11. The van der Waals surface area contributed by atoms with Crippen LogP contribution in [0.3, 0.4) is 0 Å². The van der Waals surface area contributed by atoms with E-state index in [9.17, 15) is 4.79 Å². The maximum absolute atomic E-state index is 11.2. The topological polar surface area (TPSA) is 96.7 Å². The molecule has 0 fully saturated rings. The van der Waals surface area contributed by atoms with Crippen LogP contribution >= 0.6 is 11.3 Å². The molecule has 2 heterocycles. The van der Waals surface area contributed by atoms with Crippen LogP contribution in [0.25, 0.3) is 0 Å². The summed E-state index contributed by atoms with van der Waals surface area (Å²) < 4.78 is 0. The highest BCUT2D eigenvalue weighted by atomic mass is 32.1. The van der Waals surface area contributed by atoms with Crippen LogP contribution in [-0.4, -0.2) is 21.5 Å². The molecule has 0 amide bonds. The van der Waals surface area contributed by atoms with Crippen molar-refractivity contribution in [3.05, 3.63) is 33.3 Å². The number of nitrogens with two attached hydrogens (primary N) is 1. The van der Waals surface area contributed by atoms with Crippen LogP contribution in [0.2, 0.25) is 0 Å². The smallest absolute Gasteiger partial charge is 0.276 e. The van der Waals surface area contributed by atoms with Gasteiger partial charge in [0.1, 0.15) is 5.69 Å². The summed E-state index contributed by atoms with van der Waals surface area (Å²) in [5.74, 6) is 0.660. The van der Waals surface area contributed by atoms with Gasteiger partial charge in [0.25, 0.3) is 5.56 Å². The molecule has 1 unspecified atom stereocenters. The fourth-order valence-corrected chi connectivity index (χ4v) is 2.06. The normalized spacial score (nSPS) is 12.3. The number of nitrogens with zero attached hydrogens (tertiary/aromatic N) is 2. The van der Waals surface area contributed by atoms with E-state index in [1.165, 1.54) is 6.33 Å². The lowest BCUT2D eigenvalue weighted by Crippen LogP contribution is -2.18. The fourth-order valence-electron chi connectivity index (χ4n) is 1.37. The molecule has 0 saturated carbocycles. The molecule has 90 valence electrons. The minimum atomic E-state index is -0.329.